The Morgan fingerprint density at radius 3 is 1.17 bits per heavy atom. The van der Waals surface area contributed by atoms with Gasteiger partial charge >= 0.3 is 109 Å². The summed E-state index contributed by atoms with van der Waals surface area (Å²) in [5.74, 6) is -3.94. The number of benzene rings is 4. The van der Waals surface area contributed by atoms with Crippen LogP contribution in [0, 0.1) is 0 Å². The minimum atomic E-state index is -1.54. The summed E-state index contributed by atoms with van der Waals surface area (Å²) < 4.78 is 0. The first-order chi connectivity index (χ1) is 19.2. The average Bonchev–Trinajstić information content (AvgIpc) is 2.93. The molecule has 4 N–H and O–H groups in total. The number of anilines is 2. The number of carboxylic acid groups (broad SMARTS) is 2. The second kappa shape index (κ2) is 16.7. The van der Waals surface area contributed by atoms with E-state index < -0.39 is 40.6 Å². The molecule has 0 aromatic heterocycles. The van der Waals surface area contributed by atoms with Crippen LogP contribution < -0.4 is 124 Å². The third-order valence-electron chi connectivity index (χ3n) is 5.21. The molecule has 0 aliphatic carbocycles. The zero-order valence-electron chi connectivity index (χ0n) is 22.3. The second-order valence-electron chi connectivity index (χ2n) is 8.05. The third kappa shape index (κ3) is 10.2. The molecule has 0 aliphatic rings. The number of azo groups is 2. The molecule has 4 aromatic rings. The van der Waals surface area contributed by atoms with Gasteiger partial charge in [0, 0.05) is 22.5 Å². The Hall–Kier alpha value is -2.84. The van der Waals surface area contributed by atoms with Crippen molar-refractivity contribution in [3.8, 4) is 11.5 Å². The number of urea groups is 1. The maximum absolute atomic E-state index is 12.3. The van der Waals surface area contributed by atoms with Gasteiger partial charge in [0.05, 0.1) is 34.7 Å². The molecule has 0 bridgehead atoms. The number of carbonyl (C=O) groups is 3. The van der Waals surface area contributed by atoms with Crippen LogP contribution >= 0.6 is 0 Å². The Morgan fingerprint density at radius 1 is 0.524 bits per heavy atom. The summed E-state index contributed by atoms with van der Waals surface area (Å²) in [6, 6.07) is 19.6. The monoisotopic (exact) mass is 616 g/mol. The Labute approximate surface area is 323 Å². The summed E-state index contributed by atoms with van der Waals surface area (Å²) in [6.07, 6.45) is 0. The van der Waals surface area contributed by atoms with Gasteiger partial charge in [-0.2, -0.15) is 20.5 Å². The second-order valence-corrected chi connectivity index (χ2v) is 8.05. The van der Waals surface area contributed by atoms with Gasteiger partial charge in [0.25, 0.3) is 0 Å². The van der Waals surface area contributed by atoms with Crippen molar-refractivity contribution < 1.29 is 138 Å². The van der Waals surface area contributed by atoms with Gasteiger partial charge in [-0.1, -0.05) is 0 Å². The summed E-state index contributed by atoms with van der Waals surface area (Å²) in [6.45, 7) is 0. The Bertz CT molecular complexity index is 1530. The van der Waals surface area contributed by atoms with E-state index in [1.54, 1.807) is 48.5 Å². The van der Waals surface area contributed by atoms with E-state index in [1.165, 1.54) is 24.3 Å². The molecule has 0 saturated heterocycles. The molecule has 0 aliphatic heterocycles. The fourth-order valence-corrected chi connectivity index (χ4v) is 3.25. The van der Waals surface area contributed by atoms with Crippen molar-refractivity contribution in [2.24, 2.45) is 20.5 Å². The largest absolute Gasteiger partial charge is 1.00 e. The van der Waals surface area contributed by atoms with E-state index in [-0.39, 0.29) is 114 Å². The third-order valence-corrected chi connectivity index (χ3v) is 5.21. The first-order valence-electron chi connectivity index (χ1n) is 11.4. The van der Waals surface area contributed by atoms with Crippen LogP contribution in [0.25, 0.3) is 0 Å². The van der Waals surface area contributed by atoms with Crippen LogP contribution in [0.5, 0.6) is 11.5 Å². The fourth-order valence-electron chi connectivity index (χ4n) is 3.25. The molecule has 200 valence electrons. The Morgan fingerprint density at radius 2 is 0.833 bits per heavy atom. The molecule has 4 rings (SSSR count). The number of hydrogen-bond donors (Lipinski definition) is 4. The summed E-state index contributed by atoms with van der Waals surface area (Å²) in [5, 5.41) is 62.2. The molecular formula is C27H18K2N6O7. The van der Waals surface area contributed by atoms with Gasteiger partial charge in [-0.05, 0) is 84.9 Å². The normalized spacial score (nSPS) is 10.5. The number of nitrogens with zero attached hydrogens (tertiary/aromatic N) is 4. The van der Waals surface area contributed by atoms with Gasteiger partial charge in [-0.25, -0.2) is 4.79 Å². The predicted octanol–water partition coefficient (Wildman–Crippen LogP) is -1.69. The molecule has 2 amide bonds. The van der Waals surface area contributed by atoms with E-state index in [4.69, 9.17) is 0 Å². The smallest absolute Gasteiger partial charge is 0.545 e. The molecule has 0 heterocycles. The quantitative estimate of drug-likeness (QED) is 0.133. The van der Waals surface area contributed by atoms with Gasteiger partial charge in [-0.3, -0.25) is 0 Å². The van der Waals surface area contributed by atoms with E-state index in [1.807, 2.05) is 0 Å². The van der Waals surface area contributed by atoms with Crippen LogP contribution in [-0.2, 0) is 0 Å². The van der Waals surface area contributed by atoms with Gasteiger partial charge < -0.3 is 40.6 Å². The first-order valence-corrected chi connectivity index (χ1v) is 11.4. The van der Waals surface area contributed by atoms with E-state index >= 15 is 0 Å². The van der Waals surface area contributed by atoms with E-state index in [0.29, 0.717) is 22.7 Å². The summed E-state index contributed by atoms with van der Waals surface area (Å²) in [7, 11) is 0. The van der Waals surface area contributed by atoms with Gasteiger partial charge in [0.2, 0.25) is 0 Å². The number of rotatable bonds is 8. The van der Waals surface area contributed by atoms with Crippen molar-refractivity contribution in [1.29, 1.82) is 0 Å². The van der Waals surface area contributed by atoms with E-state index in [2.05, 4.69) is 31.1 Å². The van der Waals surface area contributed by atoms with Crippen LogP contribution in [0.2, 0.25) is 0 Å². The van der Waals surface area contributed by atoms with Crippen LogP contribution in [0.4, 0.5) is 38.9 Å². The molecule has 0 fully saturated rings. The number of aromatic carboxylic acids is 2. The first kappa shape index (κ1) is 35.4. The predicted molar refractivity (Wildman–Crippen MR) is 139 cm³/mol. The van der Waals surface area contributed by atoms with Crippen molar-refractivity contribution in [2.45, 2.75) is 0 Å². The molecule has 4 aromatic carbocycles. The molecule has 0 spiro atoms. The standard InChI is InChI=1S/C27H20N6O7.2K/c34-23-11-9-19(13-21(23)25(36)37)32-30-17-5-1-15(2-6-17)28-27(40)29-16-3-7-18(8-4-16)31-33-20-10-12-24(35)22(14-20)26(38)39;;/h1-14,34-35H,(H,36,37)(H,38,39)(H2,28,29,40);;/q;2*+1/p-2. The number of carbonyl (C=O) groups excluding carboxylic acids is 3. The van der Waals surface area contributed by atoms with E-state index in [0.717, 1.165) is 12.1 Å². The van der Waals surface area contributed by atoms with Crippen molar-refractivity contribution in [1.82, 2.24) is 0 Å². The number of amides is 2. The fraction of sp³-hybridized carbons (Fsp3) is 0. The summed E-state index contributed by atoms with van der Waals surface area (Å²) in [4.78, 5) is 34.4. The molecular weight excluding hydrogens is 599 g/mol. The molecule has 15 heteroatoms. The Balaban J connectivity index is 0.00000308. The van der Waals surface area contributed by atoms with Crippen molar-refractivity contribution in [3.05, 3.63) is 96.1 Å². The number of carboxylic acids is 2. The summed E-state index contributed by atoms with van der Waals surface area (Å²) in [5.41, 5.74) is 1.41. The number of phenols is 2. The SMILES string of the molecule is O=C(Nc1ccc(N=Nc2ccc(O)c(C(=O)[O-])c2)cc1)Nc1ccc(N=Nc2ccc(O)c(C(=O)[O-])c2)cc1.[K+].[K+]. The van der Waals surface area contributed by atoms with Crippen LogP contribution in [-0.4, -0.2) is 28.2 Å². The van der Waals surface area contributed by atoms with Gasteiger partial charge in [0.1, 0.15) is 11.5 Å². The summed E-state index contributed by atoms with van der Waals surface area (Å²) >= 11 is 0. The Kier molecular flexibility index (Phi) is 14.1. The molecule has 0 unspecified atom stereocenters. The minimum Gasteiger partial charge on any atom is -0.545 e. The van der Waals surface area contributed by atoms with Crippen molar-refractivity contribution >= 4 is 52.1 Å². The molecule has 0 atom stereocenters. The minimum absolute atomic E-state index is 0. The van der Waals surface area contributed by atoms with Gasteiger partial charge in [0.15, 0.2) is 0 Å². The zero-order chi connectivity index (χ0) is 28.6. The molecule has 0 radical (unpaired) electrons. The molecule has 42 heavy (non-hydrogen) atoms. The van der Waals surface area contributed by atoms with E-state index in [9.17, 15) is 34.8 Å². The van der Waals surface area contributed by atoms with Crippen LogP contribution in [0.3, 0.4) is 0 Å². The van der Waals surface area contributed by atoms with Crippen LogP contribution in [0.15, 0.2) is 105 Å². The molecule has 0 saturated carbocycles. The van der Waals surface area contributed by atoms with Gasteiger partial charge in [-0.15, -0.1) is 0 Å². The molecule has 13 nitrogen and oxygen atoms in total. The number of nitrogens with one attached hydrogen (secondary N) is 2. The van der Waals surface area contributed by atoms with Crippen LogP contribution in [0.1, 0.15) is 20.7 Å². The zero-order valence-corrected chi connectivity index (χ0v) is 28.6. The number of aromatic hydroxyl groups is 2. The maximum Gasteiger partial charge on any atom is 1.00 e. The van der Waals surface area contributed by atoms with Crippen molar-refractivity contribution in [2.75, 3.05) is 10.6 Å². The van der Waals surface area contributed by atoms with Crippen molar-refractivity contribution in [3.63, 3.8) is 0 Å². The average molecular weight is 617 g/mol. The number of hydrogen-bond acceptors (Lipinski definition) is 11. The topological polar surface area (TPSA) is 211 Å². The maximum atomic E-state index is 12.3.